The first-order chi connectivity index (χ1) is 8.33. The minimum Gasteiger partial charge on any atom is -0.428 e. The summed E-state index contributed by atoms with van der Waals surface area (Å²) in [5, 5.41) is 0.486. The third-order valence-corrected chi connectivity index (χ3v) is 2.81. The van der Waals surface area contributed by atoms with E-state index in [0.717, 1.165) is 10.2 Å². The van der Waals surface area contributed by atoms with E-state index in [9.17, 15) is 4.79 Å². The van der Waals surface area contributed by atoms with E-state index in [0.29, 0.717) is 10.9 Å². The first kappa shape index (κ1) is 12.6. The topological polar surface area (TPSA) is 74.4 Å². The smallest absolute Gasteiger partial charge is 0.428 e. The third kappa shape index (κ3) is 3.10. The number of carbonyl (C=O) groups excluding carboxylic acids is 1. The fourth-order valence-electron chi connectivity index (χ4n) is 1.35. The minimum absolute atomic E-state index is 0.417. The molecule has 0 unspecified atom stereocenters. The quantitative estimate of drug-likeness (QED) is 0.633. The zero-order valence-electron chi connectivity index (χ0n) is 10.4. The van der Waals surface area contributed by atoms with Gasteiger partial charge in [0.15, 0.2) is 5.13 Å². The number of benzene rings is 1. The van der Waals surface area contributed by atoms with Crippen LogP contribution in [0.4, 0.5) is 9.93 Å². The molecule has 18 heavy (non-hydrogen) atoms. The number of fused-ring (bicyclic) bond motifs is 1. The molecule has 0 spiro atoms. The molecule has 0 saturated heterocycles. The van der Waals surface area contributed by atoms with E-state index >= 15 is 0 Å². The van der Waals surface area contributed by atoms with Crippen LogP contribution in [0.5, 0.6) is 5.75 Å². The summed E-state index contributed by atoms with van der Waals surface area (Å²) in [7, 11) is 0. The fraction of sp³-hybridized carbons (Fsp3) is 0.333. The molecule has 0 radical (unpaired) electrons. The maximum absolute atomic E-state index is 11.5. The highest BCUT2D eigenvalue weighted by Crippen LogP contribution is 2.27. The Balaban J connectivity index is 2.14. The van der Waals surface area contributed by atoms with Crippen LogP contribution in [0.2, 0.25) is 0 Å². The van der Waals surface area contributed by atoms with Gasteiger partial charge in [0, 0.05) is 6.07 Å². The minimum atomic E-state index is -0.723. The third-order valence-electron chi connectivity index (χ3n) is 1.97. The van der Waals surface area contributed by atoms with Gasteiger partial charge < -0.3 is 15.2 Å². The molecule has 0 fully saturated rings. The maximum atomic E-state index is 11.5. The number of carbonyl (C=O) groups is 1. The second-order valence-electron chi connectivity index (χ2n) is 4.75. The van der Waals surface area contributed by atoms with Crippen molar-refractivity contribution in [3.8, 4) is 5.75 Å². The predicted molar refractivity (Wildman–Crippen MR) is 70.9 cm³/mol. The van der Waals surface area contributed by atoms with Crippen molar-refractivity contribution in [1.82, 2.24) is 4.98 Å². The van der Waals surface area contributed by atoms with Gasteiger partial charge in [-0.2, -0.15) is 0 Å². The van der Waals surface area contributed by atoms with Gasteiger partial charge in [0.25, 0.3) is 0 Å². The molecule has 0 aliphatic carbocycles. The highest BCUT2D eigenvalue weighted by atomic mass is 32.1. The number of hydrogen-bond acceptors (Lipinski definition) is 6. The van der Waals surface area contributed by atoms with Crippen molar-refractivity contribution in [3.05, 3.63) is 18.2 Å². The monoisotopic (exact) mass is 266 g/mol. The van der Waals surface area contributed by atoms with Crippen molar-refractivity contribution in [2.75, 3.05) is 5.73 Å². The average Bonchev–Trinajstić information content (AvgIpc) is 2.53. The summed E-state index contributed by atoms with van der Waals surface area (Å²) < 4.78 is 11.0. The van der Waals surface area contributed by atoms with E-state index in [1.54, 1.807) is 39.0 Å². The van der Waals surface area contributed by atoms with Crippen LogP contribution in [0.1, 0.15) is 20.8 Å². The van der Waals surface area contributed by atoms with E-state index in [2.05, 4.69) is 4.98 Å². The van der Waals surface area contributed by atoms with Crippen LogP contribution in [0.3, 0.4) is 0 Å². The van der Waals surface area contributed by atoms with Gasteiger partial charge >= 0.3 is 6.16 Å². The maximum Gasteiger partial charge on any atom is 0.514 e. The van der Waals surface area contributed by atoms with Gasteiger partial charge in [0.1, 0.15) is 11.4 Å². The summed E-state index contributed by atoms with van der Waals surface area (Å²) in [6, 6.07) is 5.13. The van der Waals surface area contributed by atoms with Crippen molar-refractivity contribution in [3.63, 3.8) is 0 Å². The Kier molecular flexibility index (Phi) is 3.13. The first-order valence-electron chi connectivity index (χ1n) is 5.40. The number of aromatic nitrogens is 1. The van der Waals surface area contributed by atoms with Crippen molar-refractivity contribution in [1.29, 1.82) is 0 Å². The highest BCUT2D eigenvalue weighted by molar-refractivity contribution is 7.22. The van der Waals surface area contributed by atoms with Crippen molar-refractivity contribution >= 4 is 32.8 Å². The summed E-state index contributed by atoms with van der Waals surface area (Å²) in [4.78, 5) is 15.6. The summed E-state index contributed by atoms with van der Waals surface area (Å²) in [5.74, 6) is 0.417. The van der Waals surface area contributed by atoms with Crippen molar-refractivity contribution < 1.29 is 14.3 Å². The lowest BCUT2D eigenvalue weighted by Gasteiger charge is -2.18. The Morgan fingerprint density at radius 1 is 1.39 bits per heavy atom. The molecule has 2 rings (SSSR count). The molecule has 0 bridgehead atoms. The Morgan fingerprint density at radius 3 is 2.78 bits per heavy atom. The molecule has 6 heteroatoms. The molecule has 0 aliphatic heterocycles. The van der Waals surface area contributed by atoms with Gasteiger partial charge in [0.2, 0.25) is 0 Å². The second-order valence-corrected chi connectivity index (χ2v) is 5.81. The van der Waals surface area contributed by atoms with Gasteiger partial charge in [-0.25, -0.2) is 9.78 Å². The lowest BCUT2D eigenvalue weighted by Crippen LogP contribution is -2.25. The number of thiazole rings is 1. The van der Waals surface area contributed by atoms with Crippen LogP contribution in [0.15, 0.2) is 18.2 Å². The summed E-state index contributed by atoms with van der Waals surface area (Å²) in [6.07, 6.45) is -0.723. The summed E-state index contributed by atoms with van der Waals surface area (Å²) in [5.41, 5.74) is 5.81. The van der Waals surface area contributed by atoms with E-state index < -0.39 is 11.8 Å². The first-order valence-corrected chi connectivity index (χ1v) is 6.22. The molecule has 1 aromatic carbocycles. The van der Waals surface area contributed by atoms with Crippen LogP contribution in [0.25, 0.3) is 10.2 Å². The van der Waals surface area contributed by atoms with Gasteiger partial charge in [-0.05, 0) is 32.9 Å². The van der Waals surface area contributed by atoms with E-state index in [-0.39, 0.29) is 0 Å². The molecule has 0 amide bonds. The Bertz CT molecular complexity index is 587. The van der Waals surface area contributed by atoms with E-state index in [4.69, 9.17) is 15.2 Å². The van der Waals surface area contributed by atoms with Crippen LogP contribution in [-0.2, 0) is 4.74 Å². The number of nitrogen functional groups attached to an aromatic ring is 1. The van der Waals surface area contributed by atoms with Gasteiger partial charge in [-0.3, -0.25) is 0 Å². The molecule has 0 atom stereocenters. The molecular formula is C12H14N2O3S. The predicted octanol–water partition coefficient (Wildman–Crippen LogP) is 3.19. The highest BCUT2D eigenvalue weighted by Gasteiger charge is 2.18. The number of anilines is 1. The fourth-order valence-corrected chi connectivity index (χ4v) is 2.12. The molecule has 2 aromatic rings. The molecule has 96 valence electrons. The van der Waals surface area contributed by atoms with E-state index in [1.807, 2.05) is 0 Å². The van der Waals surface area contributed by atoms with Crippen LogP contribution >= 0.6 is 11.3 Å². The Morgan fingerprint density at radius 2 is 2.11 bits per heavy atom. The average molecular weight is 266 g/mol. The number of ether oxygens (including phenoxy) is 2. The lowest BCUT2D eigenvalue weighted by atomic mass is 10.2. The molecule has 1 aromatic heterocycles. The normalized spacial score (nSPS) is 11.5. The van der Waals surface area contributed by atoms with E-state index in [1.165, 1.54) is 11.3 Å². The Hall–Kier alpha value is -1.82. The Labute approximate surface area is 109 Å². The van der Waals surface area contributed by atoms with Gasteiger partial charge in [-0.15, -0.1) is 0 Å². The van der Waals surface area contributed by atoms with Crippen LogP contribution in [-0.4, -0.2) is 16.7 Å². The number of hydrogen-bond donors (Lipinski definition) is 1. The SMILES string of the molecule is CC(C)(C)OC(=O)Oc1ccc2nc(N)sc2c1. The molecule has 2 N–H and O–H groups in total. The number of nitrogens with two attached hydrogens (primary N) is 1. The van der Waals surface area contributed by atoms with Crippen LogP contribution < -0.4 is 10.5 Å². The lowest BCUT2D eigenvalue weighted by molar-refractivity contribution is 0.0206. The molecule has 1 heterocycles. The van der Waals surface area contributed by atoms with Crippen LogP contribution in [0, 0.1) is 0 Å². The molecule has 0 saturated carbocycles. The molecule has 5 nitrogen and oxygen atoms in total. The standard InChI is InChI=1S/C12H14N2O3S/c1-12(2,3)17-11(15)16-7-4-5-8-9(6-7)18-10(13)14-8/h4-6H,1-3H3,(H2,13,14). The number of rotatable bonds is 1. The van der Waals surface area contributed by atoms with Crippen molar-refractivity contribution in [2.45, 2.75) is 26.4 Å². The molecule has 0 aliphatic rings. The largest absolute Gasteiger partial charge is 0.514 e. The van der Waals surface area contributed by atoms with Gasteiger partial charge in [-0.1, -0.05) is 11.3 Å². The zero-order chi connectivity index (χ0) is 13.3. The zero-order valence-corrected chi connectivity index (χ0v) is 11.2. The summed E-state index contributed by atoms with van der Waals surface area (Å²) >= 11 is 1.34. The van der Waals surface area contributed by atoms with Gasteiger partial charge in [0.05, 0.1) is 10.2 Å². The van der Waals surface area contributed by atoms with Crippen molar-refractivity contribution in [2.24, 2.45) is 0 Å². The second kappa shape index (κ2) is 4.45. The summed E-state index contributed by atoms with van der Waals surface area (Å²) in [6.45, 7) is 5.34. The molecular weight excluding hydrogens is 252 g/mol. The number of nitrogens with zero attached hydrogens (tertiary/aromatic N) is 1.